The van der Waals surface area contributed by atoms with Gasteiger partial charge in [-0.15, -0.1) is 5.23 Å². The van der Waals surface area contributed by atoms with E-state index in [4.69, 9.17) is 10.4 Å². The second kappa shape index (κ2) is 3.38. The zero-order valence-corrected chi connectivity index (χ0v) is 6.27. The molecule has 0 aliphatic carbocycles. The SMILES string of the molecule is O=C([O-])c1ccc(F)c(N(O)O)c1. The first-order chi connectivity index (χ1) is 6.02. The number of hydrogen-bond donors (Lipinski definition) is 2. The van der Waals surface area contributed by atoms with Gasteiger partial charge in [0.15, 0.2) is 5.82 Å². The van der Waals surface area contributed by atoms with Crippen molar-refractivity contribution in [3.05, 3.63) is 29.6 Å². The number of rotatable bonds is 2. The van der Waals surface area contributed by atoms with Crippen LogP contribution >= 0.6 is 0 Å². The third-order valence-electron chi connectivity index (χ3n) is 1.40. The summed E-state index contributed by atoms with van der Waals surface area (Å²) in [5.41, 5.74) is -0.994. The van der Waals surface area contributed by atoms with Crippen molar-refractivity contribution in [2.45, 2.75) is 0 Å². The van der Waals surface area contributed by atoms with Crippen LogP contribution in [-0.4, -0.2) is 16.4 Å². The predicted octanol–water partition coefficient (Wildman–Crippen LogP) is -0.226. The fourth-order valence-corrected chi connectivity index (χ4v) is 0.793. The van der Waals surface area contributed by atoms with E-state index in [9.17, 15) is 14.3 Å². The lowest BCUT2D eigenvalue weighted by molar-refractivity contribution is -0.255. The van der Waals surface area contributed by atoms with E-state index in [-0.39, 0.29) is 5.56 Å². The number of halogens is 1. The molecule has 70 valence electrons. The van der Waals surface area contributed by atoms with E-state index in [1.807, 2.05) is 0 Å². The van der Waals surface area contributed by atoms with E-state index in [0.717, 1.165) is 18.2 Å². The predicted molar refractivity (Wildman–Crippen MR) is 36.8 cm³/mol. The van der Waals surface area contributed by atoms with Gasteiger partial charge in [0.2, 0.25) is 0 Å². The van der Waals surface area contributed by atoms with Crippen LogP contribution in [0.4, 0.5) is 10.1 Å². The Kier molecular flexibility index (Phi) is 2.45. The van der Waals surface area contributed by atoms with E-state index >= 15 is 0 Å². The fourth-order valence-electron chi connectivity index (χ4n) is 0.793. The molecule has 1 aromatic carbocycles. The van der Waals surface area contributed by atoms with Crippen molar-refractivity contribution in [2.24, 2.45) is 0 Å². The summed E-state index contributed by atoms with van der Waals surface area (Å²) < 4.78 is 12.7. The lowest BCUT2D eigenvalue weighted by Gasteiger charge is -2.10. The molecule has 1 rings (SSSR count). The molecule has 13 heavy (non-hydrogen) atoms. The summed E-state index contributed by atoms with van der Waals surface area (Å²) in [4.78, 5) is 10.3. The molecule has 0 heterocycles. The van der Waals surface area contributed by atoms with Gasteiger partial charge >= 0.3 is 0 Å². The highest BCUT2D eigenvalue weighted by atomic mass is 19.1. The number of benzene rings is 1. The lowest BCUT2D eigenvalue weighted by Crippen LogP contribution is -2.23. The van der Waals surface area contributed by atoms with Crippen LogP contribution in [0.15, 0.2) is 18.2 Å². The first kappa shape index (κ1) is 9.43. The Morgan fingerprint density at radius 3 is 2.54 bits per heavy atom. The minimum Gasteiger partial charge on any atom is -0.545 e. The molecule has 1 aromatic rings. The Hall–Kier alpha value is -1.66. The van der Waals surface area contributed by atoms with Crippen molar-refractivity contribution in [3.8, 4) is 0 Å². The molecule has 0 fully saturated rings. The Balaban J connectivity index is 3.19. The van der Waals surface area contributed by atoms with E-state index in [1.54, 1.807) is 0 Å². The molecular weight excluding hydrogens is 181 g/mol. The number of carboxylic acids is 1. The number of nitrogens with zero attached hydrogens (tertiary/aromatic N) is 1. The first-order valence-electron chi connectivity index (χ1n) is 3.21. The molecule has 0 spiro atoms. The van der Waals surface area contributed by atoms with Gasteiger partial charge in [0.1, 0.15) is 5.69 Å². The molecule has 0 unspecified atom stereocenters. The number of carboxylic acid groups (broad SMARTS) is 1. The third-order valence-corrected chi connectivity index (χ3v) is 1.40. The fraction of sp³-hybridized carbons (Fsp3) is 0. The van der Waals surface area contributed by atoms with Crippen molar-refractivity contribution >= 4 is 11.7 Å². The average molecular weight is 186 g/mol. The van der Waals surface area contributed by atoms with Crippen molar-refractivity contribution in [1.29, 1.82) is 0 Å². The van der Waals surface area contributed by atoms with Gasteiger partial charge in [-0.2, -0.15) is 0 Å². The average Bonchev–Trinajstić information content (AvgIpc) is 2.04. The first-order valence-corrected chi connectivity index (χ1v) is 3.21. The highest BCUT2D eigenvalue weighted by Crippen LogP contribution is 2.17. The van der Waals surface area contributed by atoms with Gasteiger partial charge in [0, 0.05) is 0 Å². The molecule has 0 saturated carbocycles. The van der Waals surface area contributed by atoms with Crippen LogP contribution in [0.2, 0.25) is 0 Å². The van der Waals surface area contributed by atoms with Crippen LogP contribution in [0.3, 0.4) is 0 Å². The van der Waals surface area contributed by atoms with Gasteiger partial charge in [0.05, 0.1) is 5.97 Å². The van der Waals surface area contributed by atoms with Crippen LogP contribution in [0.25, 0.3) is 0 Å². The zero-order chi connectivity index (χ0) is 10.0. The van der Waals surface area contributed by atoms with E-state index < -0.39 is 22.7 Å². The molecule has 0 atom stereocenters. The number of carbonyl (C=O) groups is 1. The largest absolute Gasteiger partial charge is 0.545 e. The monoisotopic (exact) mass is 186 g/mol. The lowest BCUT2D eigenvalue weighted by atomic mass is 10.2. The Morgan fingerprint density at radius 1 is 1.46 bits per heavy atom. The Morgan fingerprint density at radius 2 is 2.08 bits per heavy atom. The number of carbonyl (C=O) groups excluding carboxylic acids is 1. The summed E-state index contributed by atoms with van der Waals surface area (Å²) >= 11 is 0. The summed E-state index contributed by atoms with van der Waals surface area (Å²) in [7, 11) is 0. The molecule has 0 amide bonds. The molecule has 0 bridgehead atoms. The maximum atomic E-state index is 12.7. The quantitative estimate of drug-likeness (QED) is 0.623. The minimum absolute atomic E-state index is 0.343. The maximum absolute atomic E-state index is 12.7. The smallest absolute Gasteiger partial charge is 0.151 e. The van der Waals surface area contributed by atoms with Gasteiger partial charge < -0.3 is 9.90 Å². The number of hydrogen-bond acceptors (Lipinski definition) is 5. The Labute approximate surface area is 72.2 Å². The summed E-state index contributed by atoms with van der Waals surface area (Å²) in [5, 5.41) is 26.7. The molecular formula is C7H5FNO4-. The molecule has 0 aliphatic rings. The molecule has 0 radical (unpaired) electrons. The van der Waals surface area contributed by atoms with E-state index in [1.165, 1.54) is 0 Å². The van der Waals surface area contributed by atoms with Crippen LogP contribution in [-0.2, 0) is 0 Å². The topological polar surface area (TPSA) is 83.8 Å². The highest BCUT2D eigenvalue weighted by Gasteiger charge is 2.08. The zero-order valence-electron chi connectivity index (χ0n) is 6.27. The van der Waals surface area contributed by atoms with E-state index in [2.05, 4.69) is 0 Å². The molecule has 0 aromatic heterocycles. The minimum atomic E-state index is -1.52. The number of anilines is 1. The summed E-state index contributed by atoms with van der Waals surface area (Å²) in [6.45, 7) is 0. The molecule has 0 saturated heterocycles. The second-order valence-electron chi connectivity index (χ2n) is 2.24. The van der Waals surface area contributed by atoms with Crippen LogP contribution in [0.5, 0.6) is 0 Å². The number of aromatic carboxylic acids is 1. The summed E-state index contributed by atoms with van der Waals surface area (Å²) in [6, 6.07) is 2.49. The molecule has 5 nitrogen and oxygen atoms in total. The van der Waals surface area contributed by atoms with Gasteiger partial charge in [-0.25, -0.2) is 4.39 Å². The van der Waals surface area contributed by atoms with Crippen LogP contribution in [0, 0.1) is 5.82 Å². The highest BCUT2D eigenvalue weighted by molar-refractivity contribution is 5.87. The van der Waals surface area contributed by atoms with Crippen LogP contribution < -0.4 is 10.3 Å². The van der Waals surface area contributed by atoms with Crippen molar-refractivity contribution < 1.29 is 24.7 Å². The van der Waals surface area contributed by atoms with Gasteiger partial charge in [-0.1, -0.05) is 6.07 Å². The van der Waals surface area contributed by atoms with Gasteiger partial charge in [0.25, 0.3) is 0 Å². The summed E-state index contributed by atoms with van der Waals surface area (Å²) in [5.74, 6) is -2.47. The normalized spacial score (nSPS) is 9.77. The second-order valence-corrected chi connectivity index (χ2v) is 2.24. The standard InChI is InChI=1S/C7H6FNO4/c8-5-2-1-4(7(10)11)3-6(5)9(12)13/h1-3,12-13H,(H,10,11)/p-1. The molecule has 6 heteroatoms. The maximum Gasteiger partial charge on any atom is 0.151 e. The molecule has 0 aliphatic heterocycles. The third kappa shape index (κ3) is 1.92. The van der Waals surface area contributed by atoms with Crippen molar-refractivity contribution in [2.75, 3.05) is 5.23 Å². The van der Waals surface area contributed by atoms with Gasteiger partial charge in [-0.05, 0) is 17.7 Å². The molecule has 2 N–H and O–H groups in total. The van der Waals surface area contributed by atoms with E-state index in [0.29, 0.717) is 0 Å². The van der Waals surface area contributed by atoms with Gasteiger partial charge in [-0.3, -0.25) is 10.4 Å². The van der Waals surface area contributed by atoms with Crippen molar-refractivity contribution in [1.82, 2.24) is 0 Å². The van der Waals surface area contributed by atoms with Crippen molar-refractivity contribution in [3.63, 3.8) is 0 Å². The Bertz CT molecular complexity index is 339. The summed E-state index contributed by atoms with van der Waals surface area (Å²) in [6.07, 6.45) is 0. The van der Waals surface area contributed by atoms with Crippen LogP contribution in [0.1, 0.15) is 10.4 Å².